The van der Waals surface area contributed by atoms with Gasteiger partial charge >= 0.3 is 0 Å². The van der Waals surface area contributed by atoms with Crippen molar-refractivity contribution >= 4 is 15.9 Å². The first-order valence-electron chi connectivity index (χ1n) is 7.41. The van der Waals surface area contributed by atoms with E-state index >= 15 is 0 Å². The molecule has 0 spiro atoms. The van der Waals surface area contributed by atoms with E-state index in [-0.39, 0.29) is 6.61 Å². The van der Waals surface area contributed by atoms with Crippen LogP contribution in [0.25, 0.3) is 0 Å². The average Bonchev–Trinajstić information content (AvgIpc) is 2.94. The van der Waals surface area contributed by atoms with E-state index in [1.165, 1.54) is 12.8 Å². The lowest BCUT2D eigenvalue weighted by Gasteiger charge is -2.18. The number of halogens is 1. The fraction of sp³-hybridized carbons (Fsp3) is 0.529. The summed E-state index contributed by atoms with van der Waals surface area (Å²) < 4.78 is 6.60. The summed E-state index contributed by atoms with van der Waals surface area (Å²) in [6, 6.07) is 5.94. The number of nitrogens with one attached hydrogen (secondary N) is 1. The first kappa shape index (κ1) is 16.4. The monoisotopic (exact) mass is 351 g/mol. The van der Waals surface area contributed by atoms with Gasteiger partial charge in [0.25, 0.3) is 0 Å². The molecule has 1 aliphatic carbocycles. The molecule has 2 N–H and O–H groups in total. The van der Waals surface area contributed by atoms with Gasteiger partial charge < -0.3 is 15.2 Å². The minimum absolute atomic E-state index is 0.282. The lowest BCUT2D eigenvalue weighted by Crippen LogP contribution is -2.26. The third-order valence-electron chi connectivity index (χ3n) is 4.11. The summed E-state index contributed by atoms with van der Waals surface area (Å²) in [6.45, 7) is 2.27. The van der Waals surface area contributed by atoms with Crippen LogP contribution >= 0.6 is 15.9 Å². The second-order valence-corrected chi connectivity index (χ2v) is 6.43. The number of benzene rings is 1. The van der Waals surface area contributed by atoms with Crippen molar-refractivity contribution in [3.05, 3.63) is 28.2 Å². The Bertz CT molecular complexity index is 498. The normalized spacial score (nSPS) is 21.2. The molecule has 1 saturated carbocycles. The highest BCUT2D eigenvalue weighted by Crippen LogP contribution is 2.31. The topological polar surface area (TPSA) is 41.5 Å². The molecule has 2 rings (SSSR count). The quantitative estimate of drug-likeness (QED) is 0.742. The lowest BCUT2D eigenvalue weighted by molar-refractivity contribution is 0.192. The molecule has 0 bridgehead atoms. The molecule has 21 heavy (non-hydrogen) atoms. The van der Waals surface area contributed by atoms with Gasteiger partial charge in [0.2, 0.25) is 0 Å². The van der Waals surface area contributed by atoms with E-state index in [0.29, 0.717) is 18.4 Å². The van der Waals surface area contributed by atoms with Gasteiger partial charge in [0.05, 0.1) is 0 Å². The third kappa shape index (κ3) is 4.74. The van der Waals surface area contributed by atoms with E-state index in [1.54, 1.807) is 0 Å². The van der Waals surface area contributed by atoms with E-state index in [0.717, 1.165) is 35.3 Å². The van der Waals surface area contributed by atoms with Gasteiger partial charge in [0, 0.05) is 23.2 Å². The van der Waals surface area contributed by atoms with Crippen LogP contribution in [0.2, 0.25) is 0 Å². The number of terminal acetylenes is 1. The van der Waals surface area contributed by atoms with E-state index < -0.39 is 0 Å². The number of aliphatic hydroxyl groups excluding tert-OH is 1. The predicted octanol–water partition coefficient (Wildman–Crippen LogP) is 2.96. The Labute approximate surface area is 135 Å². The molecule has 0 heterocycles. The highest BCUT2D eigenvalue weighted by Gasteiger charge is 2.25. The molecule has 0 saturated heterocycles. The molecule has 1 aromatic carbocycles. The first-order chi connectivity index (χ1) is 10.2. The second-order valence-electron chi connectivity index (χ2n) is 5.51. The Morgan fingerprint density at radius 1 is 1.38 bits per heavy atom. The Hall–Kier alpha value is -1.02. The molecule has 1 aliphatic rings. The summed E-state index contributed by atoms with van der Waals surface area (Å²) in [4.78, 5) is 0. The molecule has 1 fully saturated rings. The number of hydrogen-bond donors (Lipinski definition) is 2. The maximum Gasteiger partial charge on any atom is 0.148 e. The SMILES string of the molecule is C#CCOc1ccc(Br)cc1CNCC1CCCC1CO. The Balaban J connectivity index is 1.90. The molecule has 4 heteroatoms. The zero-order valence-electron chi connectivity index (χ0n) is 12.1. The van der Waals surface area contributed by atoms with Crippen LogP contribution in [0.4, 0.5) is 0 Å². The minimum Gasteiger partial charge on any atom is -0.481 e. The zero-order chi connectivity index (χ0) is 15.1. The summed E-state index contributed by atoms with van der Waals surface area (Å²) in [5.41, 5.74) is 1.10. The van der Waals surface area contributed by atoms with Gasteiger partial charge in [-0.05, 0) is 49.4 Å². The molecular weight excluding hydrogens is 330 g/mol. The summed E-state index contributed by atoms with van der Waals surface area (Å²) in [7, 11) is 0. The Morgan fingerprint density at radius 3 is 2.95 bits per heavy atom. The van der Waals surface area contributed by atoms with Gasteiger partial charge in [-0.2, -0.15) is 0 Å². The van der Waals surface area contributed by atoms with Gasteiger partial charge in [-0.3, -0.25) is 0 Å². The third-order valence-corrected chi connectivity index (χ3v) is 4.60. The summed E-state index contributed by atoms with van der Waals surface area (Å²) in [5, 5.41) is 12.8. The minimum atomic E-state index is 0.282. The van der Waals surface area contributed by atoms with E-state index in [2.05, 4.69) is 33.2 Å². The van der Waals surface area contributed by atoms with Crippen molar-refractivity contribution in [3.63, 3.8) is 0 Å². The van der Waals surface area contributed by atoms with Crippen LogP contribution in [0.15, 0.2) is 22.7 Å². The van der Waals surface area contributed by atoms with Crippen molar-refractivity contribution in [2.45, 2.75) is 25.8 Å². The maximum absolute atomic E-state index is 9.36. The predicted molar refractivity (Wildman–Crippen MR) is 88.1 cm³/mol. The highest BCUT2D eigenvalue weighted by molar-refractivity contribution is 9.10. The molecule has 114 valence electrons. The Morgan fingerprint density at radius 2 is 2.19 bits per heavy atom. The molecule has 0 radical (unpaired) electrons. The average molecular weight is 352 g/mol. The fourth-order valence-corrected chi connectivity index (χ4v) is 3.37. The van der Waals surface area contributed by atoms with Crippen molar-refractivity contribution in [2.75, 3.05) is 19.8 Å². The largest absolute Gasteiger partial charge is 0.481 e. The van der Waals surface area contributed by atoms with Crippen LogP contribution in [0.3, 0.4) is 0 Å². The molecule has 1 aromatic rings. The molecule has 0 aliphatic heterocycles. The smallest absolute Gasteiger partial charge is 0.148 e. The molecule has 3 nitrogen and oxygen atoms in total. The zero-order valence-corrected chi connectivity index (χ0v) is 13.7. The summed E-state index contributed by atoms with van der Waals surface area (Å²) in [6.07, 6.45) is 8.83. The summed E-state index contributed by atoms with van der Waals surface area (Å²) >= 11 is 3.49. The van der Waals surface area contributed by atoms with E-state index in [1.807, 2.05) is 12.1 Å². The van der Waals surface area contributed by atoms with E-state index in [9.17, 15) is 5.11 Å². The number of aliphatic hydroxyl groups is 1. The molecule has 0 aromatic heterocycles. The van der Waals surface area contributed by atoms with Gasteiger partial charge in [-0.25, -0.2) is 0 Å². The molecule has 0 amide bonds. The molecule has 2 unspecified atom stereocenters. The van der Waals surface area contributed by atoms with Crippen molar-refractivity contribution < 1.29 is 9.84 Å². The fourth-order valence-electron chi connectivity index (χ4n) is 2.96. The maximum atomic E-state index is 9.36. The van der Waals surface area contributed by atoms with Crippen LogP contribution in [0.5, 0.6) is 5.75 Å². The van der Waals surface area contributed by atoms with Crippen LogP contribution in [0.1, 0.15) is 24.8 Å². The number of hydrogen-bond acceptors (Lipinski definition) is 3. The van der Waals surface area contributed by atoms with Crippen LogP contribution in [0, 0.1) is 24.2 Å². The van der Waals surface area contributed by atoms with E-state index in [4.69, 9.17) is 11.2 Å². The summed E-state index contributed by atoms with van der Waals surface area (Å²) in [5.74, 6) is 4.35. The highest BCUT2D eigenvalue weighted by atomic mass is 79.9. The van der Waals surface area contributed by atoms with Gasteiger partial charge in [0.1, 0.15) is 12.4 Å². The second kappa shape index (κ2) is 8.43. The van der Waals surface area contributed by atoms with Crippen LogP contribution in [-0.2, 0) is 6.54 Å². The van der Waals surface area contributed by atoms with Crippen molar-refractivity contribution in [1.29, 1.82) is 0 Å². The molecule has 2 atom stereocenters. The van der Waals surface area contributed by atoms with Crippen molar-refractivity contribution in [1.82, 2.24) is 5.32 Å². The van der Waals surface area contributed by atoms with Crippen molar-refractivity contribution in [2.24, 2.45) is 11.8 Å². The van der Waals surface area contributed by atoms with Crippen molar-refractivity contribution in [3.8, 4) is 18.1 Å². The number of ether oxygens (including phenoxy) is 1. The van der Waals surface area contributed by atoms with Gasteiger partial charge in [-0.1, -0.05) is 28.3 Å². The Kier molecular flexibility index (Phi) is 6.56. The lowest BCUT2D eigenvalue weighted by atomic mass is 9.97. The number of rotatable bonds is 7. The molecular formula is C17H22BrNO2. The van der Waals surface area contributed by atoms with Gasteiger partial charge in [-0.15, -0.1) is 6.42 Å². The van der Waals surface area contributed by atoms with Crippen LogP contribution in [-0.4, -0.2) is 24.9 Å². The first-order valence-corrected chi connectivity index (χ1v) is 8.20. The van der Waals surface area contributed by atoms with Gasteiger partial charge in [0.15, 0.2) is 0 Å². The standard InChI is InChI=1S/C17H22BrNO2/c1-2-8-21-17-7-6-16(18)9-15(17)11-19-10-13-4-3-5-14(13)12-20/h1,6-7,9,13-14,19-20H,3-5,8,10-12H2. The van der Waals surface area contributed by atoms with Crippen LogP contribution < -0.4 is 10.1 Å².